The van der Waals surface area contributed by atoms with E-state index >= 15 is 0 Å². The van der Waals surface area contributed by atoms with Crippen molar-refractivity contribution in [3.8, 4) is 5.88 Å². The number of methoxy groups -OCH3 is 1. The van der Waals surface area contributed by atoms with Gasteiger partial charge in [-0.15, -0.1) is 0 Å². The molecule has 0 radical (unpaired) electrons. The molecule has 0 aromatic carbocycles. The monoisotopic (exact) mass is 286 g/mol. The number of hydrogen-bond acceptors (Lipinski definition) is 5. The lowest BCUT2D eigenvalue weighted by Crippen LogP contribution is -2.23. The number of aromatic nitrogens is 3. The summed E-state index contributed by atoms with van der Waals surface area (Å²) in [6.07, 6.45) is 5.90. The van der Waals surface area contributed by atoms with Crippen molar-refractivity contribution in [2.24, 2.45) is 5.92 Å². The van der Waals surface area contributed by atoms with Gasteiger partial charge in [0.15, 0.2) is 0 Å². The predicted octanol–water partition coefficient (Wildman–Crippen LogP) is 1.52. The van der Waals surface area contributed by atoms with Gasteiger partial charge >= 0.3 is 0 Å². The Morgan fingerprint density at radius 2 is 2.33 bits per heavy atom. The summed E-state index contributed by atoms with van der Waals surface area (Å²) in [6.45, 7) is 1.26. The third-order valence-corrected chi connectivity index (χ3v) is 3.52. The van der Waals surface area contributed by atoms with E-state index in [1.54, 1.807) is 25.6 Å². The summed E-state index contributed by atoms with van der Waals surface area (Å²) in [5.74, 6) is 1.27. The minimum atomic E-state index is -0.137. The number of anilines is 1. The van der Waals surface area contributed by atoms with Gasteiger partial charge in [-0.3, -0.25) is 4.79 Å². The van der Waals surface area contributed by atoms with Crippen molar-refractivity contribution >= 4 is 5.69 Å². The van der Waals surface area contributed by atoms with Crippen LogP contribution in [-0.2, 0) is 6.54 Å². The van der Waals surface area contributed by atoms with E-state index in [0.717, 1.165) is 23.7 Å². The summed E-state index contributed by atoms with van der Waals surface area (Å²) < 4.78 is 6.59. The van der Waals surface area contributed by atoms with Crippen molar-refractivity contribution in [3.05, 3.63) is 46.5 Å². The molecule has 0 amide bonds. The molecule has 6 heteroatoms. The highest BCUT2D eigenvalue weighted by molar-refractivity contribution is 5.39. The van der Waals surface area contributed by atoms with E-state index < -0.39 is 0 Å². The third-order valence-electron chi connectivity index (χ3n) is 3.52. The molecular formula is C15H18N4O2. The molecule has 3 rings (SSSR count). The lowest BCUT2D eigenvalue weighted by Gasteiger charge is -2.09. The molecule has 6 nitrogen and oxygen atoms in total. The summed E-state index contributed by atoms with van der Waals surface area (Å²) in [4.78, 5) is 16.2. The average Bonchev–Trinajstić information content (AvgIpc) is 3.32. The smallest absolute Gasteiger partial charge is 0.269 e. The van der Waals surface area contributed by atoms with E-state index in [9.17, 15) is 4.79 Å². The first kappa shape index (κ1) is 13.6. The number of hydrogen-bond donors (Lipinski definition) is 1. The number of rotatable bonds is 6. The molecule has 2 aromatic heterocycles. The second-order valence-electron chi connectivity index (χ2n) is 5.24. The molecule has 0 aliphatic heterocycles. The van der Waals surface area contributed by atoms with Gasteiger partial charge in [-0.25, -0.2) is 9.67 Å². The van der Waals surface area contributed by atoms with Crippen molar-refractivity contribution in [1.29, 1.82) is 0 Å². The van der Waals surface area contributed by atoms with Crippen LogP contribution in [0.2, 0.25) is 0 Å². The lowest BCUT2D eigenvalue weighted by molar-refractivity contribution is 0.389. The molecule has 0 saturated heterocycles. The molecule has 1 aliphatic carbocycles. The standard InChI is InChI=1S/C15H18N4O2/c1-21-15-12(3-2-6-16-15)10-19-14(20)7-13(9-18-19)17-8-11-4-5-11/h2-3,6-7,9,11,17H,4-5,8,10H2,1H3. The number of nitrogens with one attached hydrogen (secondary N) is 1. The topological polar surface area (TPSA) is 69.0 Å². The second-order valence-corrected chi connectivity index (χ2v) is 5.24. The Balaban J connectivity index is 1.74. The summed E-state index contributed by atoms with van der Waals surface area (Å²) >= 11 is 0. The van der Waals surface area contributed by atoms with Crippen molar-refractivity contribution in [3.63, 3.8) is 0 Å². The second kappa shape index (κ2) is 5.95. The van der Waals surface area contributed by atoms with Crippen LogP contribution in [0.3, 0.4) is 0 Å². The Bertz CT molecular complexity index is 679. The molecule has 0 spiro atoms. The van der Waals surface area contributed by atoms with Gasteiger partial charge in [0.25, 0.3) is 5.56 Å². The predicted molar refractivity (Wildman–Crippen MR) is 79.6 cm³/mol. The van der Waals surface area contributed by atoms with E-state index in [2.05, 4.69) is 15.4 Å². The van der Waals surface area contributed by atoms with E-state index in [4.69, 9.17) is 4.74 Å². The van der Waals surface area contributed by atoms with Crippen LogP contribution in [0, 0.1) is 5.92 Å². The first-order valence-corrected chi connectivity index (χ1v) is 7.05. The first-order valence-electron chi connectivity index (χ1n) is 7.05. The molecule has 0 unspecified atom stereocenters. The Morgan fingerprint density at radius 3 is 3.05 bits per heavy atom. The fraction of sp³-hybridized carbons (Fsp3) is 0.400. The van der Waals surface area contributed by atoms with Crippen molar-refractivity contribution in [2.45, 2.75) is 19.4 Å². The molecule has 1 aliphatic rings. The van der Waals surface area contributed by atoms with Crippen LogP contribution in [0.25, 0.3) is 0 Å². The Morgan fingerprint density at radius 1 is 1.48 bits per heavy atom. The van der Waals surface area contributed by atoms with E-state index in [-0.39, 0.29) is 5.56 Å². The number of pyridine rings is 1. The highest BCUT2D eigenvalue weighted by Gasteiger charge is 2.20. The van der Waals surface area contributed by atoms with Gasteiger partial charge in [-0.2, -0.15) is 5.10 Å². The maximum Gasteiger partial charge on any atom is 0.269 e. The van der Waals surface area contributed by atoms with E-state index in [1.807, 2.05) is 12.1 Å². The summed E-state index contributed by atoms with van der Waals surface area (Å²) in [5.41, 5.74) is 1.47. The molecule has 1 saturated carbocycles. The summed E-state index contributed by atoms with van der Waals surface area (Å²) in [5, 5.41) is 7.45. The van der Waals surface area contributed by atoms with Crippen LogP contribution >= 0.6 is 0 Å². The normalized spacial score (nSPS) is 14.0. The minimum absolute atomic E-state index is 0.137. The van der Waals surface area contributed by atoms with Crippen molar-refractivity contribution in [2.75, 3.05) is 19.0 Å². The molecule has 21 heavy (non-hydrogen) atoms. The Hall–Kier alpha value is -2.37. The quantitative estimate of drug-likeness (QED) is 0.872. The molecule has 0 atom stereocenters. The summed E-state index contributed by atoms with van der Waals surface area (Å²) in [6, 6.07) is 5.27. The number of ether oxygens (including phenoxy) is 1. The zero-order valence-electron chi connectivity index (χ0n) is 12.0. The largest absolute Gasteiger partial charge is 0.481 e. The lowest BCUT2D eigenvalue weighted by atomic mass is 10.2. The highest BCUT2D eigenvalue weighted by Crippen LogP contribution is 2.28. The molecule has 0 bridgehead atoms. The van der Waals surface area contributed by atoms with Gasteiger partial charge in [-0.05, 0) is 24.8 Å². The van der Waals surface area contributed by atoms with Crippen LogP contribution in [0.15, 0.2) is 35.4 Å². The van der Waals surface area contributed by atoms with E-state index in [0.29, 0.717) is 12.4 Å². The maximum atomic E-state index is 12.1. The van der Waals surface area contributed by atoms with Crippen LogP contribution in [-0.4, -0.2) is 28.4 Å². The highest BCUT2D eigenvalue weighted by atomic mass is 16.5. The van der Waals surface area contributed by atoms with Gasteiger partial charge < -0.3 is 10.1 Å². The average molecular weight is 286 g/mol. The Labute approximate surface area is 122 Å². The van der Waals surface area contributed by atoms with Gasteiger partial charge in [0.2, 0.25) is 5.88 Å². The van der Waals surface area contributed by atoms with Gasteiger partial charge in [0.05, 0.1) is 25.5 Å². The van der Waals surface area contributed by atoms with Gasteiger partial charge in [0, 0.05) is 24.4 Å². The summed E-state index contributed by atoms with van der Waals surface area (Å²) in [7, 11) is 1.56. The van der Waals surface area contributed by atoms with Crippen LogP contribution < -0.4 is 15.6 Å². The van der Waals surface area contributed by atoms with Gasteiger partial charge in [0.1, 0.15) is 0 Å². The zero-order chi connectivity index (χ0) is 14.7. The minimum Gasteiger partial charge on any atom is -0.481 e. The molecule has 2 aromatic rings. The van der Waals surface area contributed by atoms with Crippen LogP contribution in [0.4, 0.5) is 5.69 Å². The fourth-order valence-electron chi connectivity index (χ4n) is 2.12. The van der Waals surface area contributed by atoms with Crippen molar-refractivity contribution in [1.82, 2.24) is 14.8 Å². The molecule has 1 fully saturated rings. The van der Waals surface area contributed by atoms with Crippen molar-refractivity contribution < 1.29 is 4.74 Å². The SMILES string of the molecule is COc1ncccc1Cn1ncc(NCC2CC2)cc1=O. The van der Waals surface area contributed by atoms with Crippen LogP contribution in [0.5, 0.6) is 5.88 Å². The zero-order valence-corrected chi connectivity index (χ0v) is 12.0. The maximum absolute atomic E-state index is 12.1. The molecular weight excluding hydrogens is 268 g/mol. The number of nitrogens with zero attached hydrogens (tertiary/aromatic N) is 3. The van der Waals surface area contributed by atoms with Crippen LogP contribution in [0.1, 0.15) is 18.4 Å². The Kier molecular flexibility index (Phi) is 3.85. The van der Waals surface area contributed by atoms with E-state index in [1.165, 1.54) is 17.5 Å². The van der Waals surface area contributed by atoms with Gasteiger partial charge in [-0.1, -0.05) is 6.07 Å². The third kappa shape index (κ3) is 3.39. The first-order chi connectivity index (χ1) is 10.3. The fourth-order valence-corrected chi connectivity index (χ4v) is 2.12. The molecule has 1 N–H and O–H groups in total. The molecule has 110 valence electrons. The molecule has 2 heterocycles.